The second kappa shape index (κ2) is 3.07. The molecule has 0 saturated carbocycles. The van der Waals surface area contributed by atoms with Crippen molar-refractivity contribution >= 4 is 11.8 Å². The van der Waals surface area contributed by atoms with Crippen molar-refractivity contribution in [2.75, 3.05) is 11.5 Å². The molecule has 0 aromatic heterocycles. The quantitative estimate of drug-likeness (QED) is 0.506. The molecule has 3 heteroatoms. The molecule has 0 aromatic rings. The minimum absolute atomic E-state index is 0.135. The van der Waals surface area contributed by atoms with Crippen LogP contribution in [0.1, 0.15) is 12.8 Å². The van der Waals surface area contributed by atoms with E-state index in [4.69, 9.17) is 0 Å². The van der Waals surface area contributed by atoms with Crippen LogP contribution in [0.5, 0.6) is 0 Å². The normalized spacial score (nSPS) is 23.0. The molecule has 0 aliphatic carbocycles. The van der Waals surface area contributed by atoms with Crippen molar-refractivity contribution in [3.63, 3.8) is 0 Å². The summed E-state index contributed by atoms with van der Waals surface area (Å²) in [5.41, 5.74) is 0. The summed E-state index contributed by atoms with van der Waals surface area (Å²) in [6.45, 7) is 0. The van der Waals surface area contributed by atoms with Crippen LogP contribution < -0.4 is 0 Å². The summed E-state index contributed by atoms with van der Waals surface area (Å²) in [6.07, 6.45) is 1.99. The lowest BCUT2D eigenvalue weighted by atomic mass is 10.2. The summed E-state index contributed by atoms with van der Waals surface area (Å²) in [5, 5.41) is 2.98. The van der Waals surface area contributed by atoms with Crippen molar-refractivity contribution in [3.8, 4) is 0 Å². The predicted octanol–water partition coefficient (Wildman–Crippen LogP) is 1.65. The Morgan fingerprint density at radius 3 is 2.38 bits per heavy atom. The lowest BCUT2D eigenvalue weighted by Crippen LogP contribution is -2.11. The van der Waals surface area contributed by atoms with Crippen LogP contribution in [0.3, 0.4) is 0 Å². The highest BCUT2D eigenvalue weighted by Crippen LogP contribution is 2.18. The van der Waals surface area contributed by atoms with Crippen molar-refractivity contribution in [3.05, 3.63) is 4.91 Å². The van der Waals surface area contributed by atoms with Gasteiger partial charge in [0.05, 0.1) is 6.04 Å². The fourth-order valence-corrected chi connectivity index (χ4v) is 1.87. The molecule has 46 valence electrons. The number of thioether (sulfide) groups is 1. The number of nitroso groups, excluding NO2 is 1. The van der Waals surface area contributed by atoms with Crippen molar-refractivity contribution < 1.29 is 0 Å². The van der Waals surface area contributed by atoms with E-state index in [1.54, 1.807) is 0 Å². The molecule has 1 heterocycles. The van der Waals surface area contributed by atoms with Gasteiger partial charge in [-0.25, -0.2) is 0 Å². The number of hydrogen-bond acceptors (Lipinski definition) is 3. The summed E-state index contributed by atoms with van der Waals surface area (Å²) >= 11 is 1.92. The summed E-state index contributed by atoms with van der Waals surface area (Å²) < 4.78 is 0. The van der Waals surface area contributed by atoms with E-state index < -0.39 is 0 Å². The second-order valence-electron chi connectivity index (χ2n) is 1.95. The fourth-order valence-electron chi connectivity index (χ4n) is 0.791. The average molecular weight is 131 g/mol. The molecule has 1 fully saturated rings. The van der Waals surface area contributed by atoms with Gasteiger partial charge in [-0.1, -0.05) is 5.18 Å². The van der Waals surface area contributed by atoms with Gasteiger partial charge in [0.25, 0.3) is 0 Å². The molecular weight excluding hydrogens is 122 g/mol. The monoisotopic (exact) mass is 131 g/mol. The number of nitrogens with zero attached hydrogens (tertiary/aromatic N) is 1. The number of rotatable bonds is 1. The maximum atomic E-state index is 9.90. The topological polar surface area (TPSA) is 29.4 Å². The molecule has 0 unspecified atom stereocenters. The van der Waals surface area contributed by atoms with Gasteiger partial charge in [-0.15, -0.1) is 0 Å². The molecule has 1 rings (SSSR count). The van der Waals surface area contributed by atoms with E-state index >= 15 is 0 Å². The molecule has 2 nitrogen and oxygen atoms in total. The molecule has 0 radical (unpaired) electrons. The molecule has 1 aliphatic rings. The Labute approximate surface area is 53.0 Å². The Kier molecular flexibility index (Phi) is 2.33. The summed E-state index contributed by atoms with van der Waals surface area (Å²) in [5.74, 6) is 2.24. The van der Waals surface area contributed by atoms with E-state index in [1.807, 2.05) is 11.8 Å². The van der Waals surface area contributed by atoms with Gasteiger partial charge in [-0.3, -0.25) is 0 Å². The molecule has 0 spiro atoms. The summed E-state index contributed by atoms with van der Waals surface area (Å²) in [6, 6.07) is 0.135. The minimum atomic E-state index is 0.135. The third-order valence-electron chi connectivity index (χ3n) is 1.34. The first-order chi connectivity index (χ1) is 3.93. The van der Waals surface area contributed by atoms with Crippen LogP contribution in [-0.4, -0.2) is 17.5 Å². The standard InChI is InChI=1S/C5H9NOS/c7-6-5-1-3-8-4-2-5/h5H,1-4H2. The van der Waals surface area contributed by atoms with E-state index in [0.29, 0.717) is 0 Å². The SMILES string of the molecule is O=NC1CCSCC1. The molecule has 0 bridgehead atoms. The maximum absolute atomic E-state index is 9.90. The fraction of sp³-hybridized carbons (Fsp3) is 1.00. The van der Waals surface area contributed by atoms with Crippen molar-refractivity contribution in [2.24, 2.45) is 5.18 Å². The zero-order valence-electron chi connectivity index (χ0n) is 4.67. The van der Waals surface area contributed by atoms with Gasteiger partial charge in [0.1, 0.15) is 0 Å². The van der Waals surface area contributed by atoms with E-state index in [2.05, 4.69) is 5.18 Å². The average Bonchev–Trinajstić information content (AvgIpc) is 1.90. The van der Waals surface area contributed by atoms with Crippen LogP contribution >= 0.6 is 11.8 Å². The van der Waals surface area contributed by atoms with Crippen molar-refractivity contribution in [1.29, 1.82) is 0 Å². The lowest BCUT2D eigenvalue weighted by Gasteiger charge is -2.12. The first-order valence-corrected chi connectivity index (χ1v) is 3.99. The minimum Gasteiger partial charge on any atom is -0.162 e. The first-order valence-electron chi connectivity index (χ1n) is 2.83. The molecular formula is C5H9NOS. The summed E-state index contributed by atoms with van der Waals surface area (Å²) in [4.78, 5) is 9.90. The van der Waals surface area contributed by atoms with Gasteiger partial charge < -0.3 is 0 Å². The molecule has 8 heavy (non-hydrogen) atoms. The molecule has 0 amide bonds. The van der Waals surface area contributed by atoms with Crippen molar-refractivity contribution in [1.82, 2.24) is 0 Å². The van der Waals surface area contributed by atoms with E-state index in [1.165, 1.54) is 0 Å². The Morgan fingerprint density at radius 2 is 2.00 bits per heavy atom. The highest BCUT2D eigenvalue weighted by Gasteiger charge is 2.12. The van der Waals surface area contributed by atoms with Gasteiger partial charge in [-0.2, -0.15) is 16.7 Å². The van der Waals surface area contributed by atoms with Crippen LogP contribution in [0.4, 0.5) is 0 Å². The number of hydrogen-bond donors (Lipinski definition) is 0. The van der Waals surface area contributed by atoms with E-state index in [0.717, 1.165) is 24.3 Å². The highest BCUT2D eigenvalue weighted by atomic mass is 32.2. The highest BCUT2D eigenvalue weighted by molar-refractivity contribution is 7.99. The predicted molar refractivity (Wildman–Crippen MR) is 36.1 cm³/mol. The summed E-state index contributed by atoms with van der Waals surface area (Å²) in [7, 11) is 0. The third kappa shape index (κ3) is 1.47. The Hall–Kier alpha value is -0.0500. The third-order valence-corrected chi connectivity index (χ3v) is 2.39. The first kappa shape index (κ1) is 6.08. The zero-order valence-corrected chi connectivity index (χ0v) is 5.49. The molecule has 1 aliphatic heterocycles. The van der Waals surface area contributed by atoms with E-state index in [-0.39, 0.29) is 6.04 Å². The van der Waals surface area contributed by atoms with Crippen LogP contribution in [-0.2, 0) is 0 Å². The van der Waals surface area contributed by atoms with Gasteiger partial charge in [0.15, 0.2) is 0 Å². The van der Waals surface area contributed by atoms with Crippen molar-refractivity contribution in [2.45, 2.75) is 18.9 Å². The Morgan fingerprint density at radius 1 is 1.38 bits per heavy atom. The smallest absolute Gasteiger partial charge is 0.0935 e. The Bertz CT molecular complexity index is 80.5. The van der Waals surface area contributed by atoms with Gasteiger partial charge in [-0.05, 0) is 24.3 Å². The van der Waals surface area contributed by atoms with Gasteiger partial charge in [0, 0.05) is 0 Å². The lowest BCUT2D eigenvalue weighted by molar-refractivity contribution is 0.623. The van der Waals surface area contributed by atoms with Gasteiger partial charge in [0.2, 0.25) is 0 Å². The van der Waals surface area contributed by atoms with Crippen LogP contribution in [0.15, 0.2) is 5.18 Å². The van der Waals surface area contributed by atoms with Crippen LogP contribution in [0.25, 0.3) is 0 Å². The van der Waals surface area contributed by atoms with Crippen LogP contribution in [0.2, 0.25) is 0 Å². The molecule has 0 atom stereocenters. The van der Waals surface area contributed by atoms with Gasteiger partial charge >= 0.3 is 0 Å². The molecule has 0 aromatic carbocycles. The Balaban J connectivity index is 2.22. The molecule has 0 N–H and O–H groups in total. The van der Waals surface area contributed by atoms with E-state index in [9.17, 15) is 4.91 Å². The zero-order chi connectivity index (χ0) is 5.82. The maximum Gasteiger partial charge on any atom is 0.0935 e. The second-order valence-corrected chi connectivity index (χ2v) is 3.17. The largest absolute Gasteiger partial charge is 0.162 e. The van der Waals surface area contributed by atoms with Crippen LogP contribution in [0, 0.1) is 4.91 Å². The molecule has 1 saturated heterocycles.